The highest BCUT2D eigenvalue weighted by Crippen LogP contribution is 2.36. The molecule has 0 saturated heterocycles. The topological polar surface area (TPSA) is 74.5 Å². The number of nitrogens with zero attached hydrogens (tertiary/aromatic N) is 2. The number of hydrogen-bond donors (Lipinski definition) is 1. The smallest absolute Gasteiger partial charge is 0.276 e. The molecule has 0 saturated carbocycles. The molecule has 0 fully saturated rings. The van der Waals surface area contributed by atoms with Gasteiger partial charge >= 0.3 is 0 Å². The van der Waals surface area contributed by atoms with E-state index in [1.165, 1.54) is 10.7 Å². The van der Waals surface area contributed by atoms with E-state index in [1.807, 2.05) is 0 Å². The molecule has 1 aromatic carbocycles. The Bertz CT molecular complexity index is 905. The summed E-state index contributed by atoms with van der Waals surface area (Å²) in [4.78, 5) is 24.1. The predicted molar refractivity (Wildman–Crippen MR) is 84.0 cm³/mol. The van der Waals surface area contributed by atoms with E-state index in [9.17, 15) is 14.0 Å². The summed E-state index contributed by atoms with van der Waals surface area (Å²) in [7, 11) is 0. The van der Waals surface area contributed by atoms with Crippen molar-refractivity contribution in [2.45, 2.75) is 13.1 Å². The minimum atomic E-state index is -0.637. The summed E-state index contributed by atoms with van der Waals surface area (Å²) in [5, 5.41) is 2.74. The van der Waals surface area contributed by atoms with Gasteiger partial charge in [-0.25, -0.2) is 9.07 Å². The Kier molecular flexibility index (Phi) is 3.58. The molecule has 1 N–H and O–H groups in total. The van der Waals surface area contributed by atoms with Crippen LogP contribution in [0.4, 0.5) is 10.1 Å². The van der Waals surface area contributed by atoms with Crippen LogP contribution in [0.15, 0.2) is 16.9 Å². The van der Waals surface area contributed by atoms with Gasteiger partial charge in [-0.3, -0.25) is 14.3 Å². The van der Waals surface area contributed by atoms with Gasteiger partial charge in [0.15, 0.2) is 6.61 Å². The van der Waals surface area contributed by atoms with E-state index in [4.69, 9.17) is 21.1 Å². The highest BCUT2D eigenvalue weighted by Gasteiger charge is 2.26. The molecule has 2 aromatic rings. The average Bonchev–Trinajstić information content (AvgIpc) is 2.74. The normalized spacial score (nSPS) is 16.7. The van der Waals surface area contributed by atoms with Gasteiger partial charge in [-0.2, -0.15) is 0 Å². The summed E-state index contributed by atoms with van der Waals surface area (Å²) >= 11 is 6.34. The maximum atomic E-state index is 14.5. The van der Waals surface area contributed by atoms with Crippen molar-refractivity contribution in [3.8, 4) is 16.9 Å². The van der Waals surface area contributed by atoms with Crippen LogP contribution in [-0.2, 0) is 22.6 Å². The second-order valence-electron chi connectivity index (χ2n) is 5.49. The Morgan fingerprint density at radius 1 is 1.17 bits per heavy atom. The van der Waals surface area contributed by atoms with Gasteiger partial charge in [-0.15, -0.1) is 0 Å². The number of rotatable bonds is 1. The second-order valence-corrected chi connectivity index (χ2v) is 5.85. The van der Waals surface area contributed by atoms with Crippen LogP contribution in [0.3, 0.4) is 0 Å². The Morgan fingerprint density at radius 2 is 1.92 bits per heavy atom. The van der Waals surface area contributed by atoms with Crippen molar-refractivity contribution < 1.29 is 18.7 Å². The molecule has 0 unspecified atom stereocenters. The molecule has 0 aliphatic carbocycles. The van der Waals surface area contributed by atoms with Crippen LogP contribution in [0.5, 0.6) is 5.75 Å². The highest BCUT2D eigenvalue weighted by molar-refractivity contribution is 6.32. The van der Waals surface area contributed by atoms with Crippen molar-refractivity contribution in [2.24, 2.45) is 0 Å². The number of fused-ring (bicyclic) bond motifs is 2. The van der Waals surface area contributed by atoms with Crippen molar-refractivity contribution in [1.82, 2.24) is 9.36 Å². The number of carbonyl (C=O) groups excluding carboxylic acids is 1. The third-order valence-electron chi connectivity index (χ3n) is 4.04. The standard InChI is InChI=1S/C15H13ClFN3O4/c16-14-13(15(22)20-2-4-23-3-1-19(14)20)8-5-10-11(6-9(8)17)24-7-12(21)18-10/h5-6H,1-4,7H2,(H,18,21). The minimum absolute atomic E-state index is 0.0311. The van der Waals surface area contributed by atoms with Gasteiger partial charge in [0.25, 0.3) is 11.5 Å². The first-order valence-corrected chi connectivity index (χ1v) is 7.77. The van der Waals surface area contributed by atoms with Crippen LogP contribution in [0.2, 0.25) is 5.15 Å². The maximum absolute atomic E-state index is 14.5. The van der Waals surface area contributed by atoms with E-state index in [-0.39, 0.29) is 34.5 Å². The zero-order valence-electron chi connectivity index (χ0n) is 12.5. The second kappa shape index (κ2) is 5.64. The van der Waals surface area contributed by atoms with Crippen LogP contribution in [0, 0.1) is 5.82 Å². The summed E-state index contributed by atoms with van der Waals surface area (Å²) in [5.74, 6) is -0.754. The lowest BCUT2D eigenvalue weighted by atomic mass is 10.1. The van der Waals surface area contributed by atoms with Crippen LogP contribution in [0.25, 0.3) is 11.1 Å². The summed E-state index contributed by atoms with van der Waals surface area (Å²) in [6.07, 6.45) is 0. The molecule has 4 rings (SSSR count). The monoisotopic (exact) mass is 353 g/mol. The van der Waals surface area contributed by atoms with E-state index in [1.54, 1.807) is 4.68 Å². The highest BCUT2D eigenvalue weighted by atomic mass is 35.5. The van der Waals surface area contributed by atoms with E-state index < -0.39 is 11.4 Å². The molecule has 9 heteroatoms. The number of carbonyl (C=O) groups is 1. The largest absolute Gasteiger partial charge is 0.481 e. The number of aromatic nitrogens is 2. The first kappa shape index (κ1) is 15.2. The molecule has 126 valence electrons. The van der Waals surface area contributed by atoms with Gasteiger partial charge < -0.3 is 14.8 Å². The van der Waals surface area contributed by atoms with Gasteiger partial charge in [-0.05, 0) is 6.07 Å². The Balaban J connectivity index is 1.90. The van der Waals surface area contributed by atoms with Crippen molar-refractivity contribution in [2.75, 3.05) is 25.1 Å². The van der Waals surface area contributed by atoms with Gasteiger partial charge in [0.2, 0.25) is 0 Å². The third kappa shape index (κ3) is 2.30. The summed E-state index contributed by atoms with van der Waals surface area (Å²) in [5.41, 5.74) is 0.0162. The van der Waals surface area contributed by atoms with E-state index in [0.717, 1.165) is 6.07 Å². The van der Waals surface area contributed by atoms with Crippen LogP contribution in [0.1, 0.15) is 0 Å². The fourth-order valence-corrected chi connectivity index (χ4v) is 3.29. The predicted octanol–water partition coefficient (Wildman–Crippen LogP) is 1.47. The molecule has 0 spiro atoms. The molecule has 0 bridgehead atoms. The zero-order valence-corrected chi connectivity index (χ0v) is 13.2. The Hall–Kier alpha value is -2.32. The fraction of sp³-hybridized carbons (Fsp3) is 0.333. The number of ether oxygens (including phenoxy) is 2. The van der Waals surface area contributed by atoms with Crippen molar-refractivity contribution in [3.63, 3.8) is 0 Å². The third-order valence-corrected chi connectivity index (χ3v) is 4.42. The number of amides is 1. The zero-order chi connectivity index (χ0) is 16.8. The van der Waals surface area contributed by atoms with E-state index >= 15 is 0 Å². The molecule has 0 radical (unpaired) electrons. The first-order valence-electron chi connectivity index (χ1n) is 7.39. The number of benzene rings is 1. The van der Waals surface area contributed by atoms with Crippen LogP contribution >= 0.6 is 11.6 Å². The SMILES string of the molecule is O=C1COc2cc(F)c(-c3c(Cl)n4n(c3=O)CCOCC4)cc2N1. The fourth-order valence-electron chi connectivity index (χ4n) is 2.93. The average molecular weight is 354 g/mol. The molecule has 1 amide bonds. The number of anilines is 1. The van der Waals surface area contributed by atoms with Crippen molar-refractivity contribution in [3.05, 3.63) is 33.5 Å². The lowest BCUT2D eigenvalue weighted by Crippen LogP contribution is -2.26. The van der Waals surface area contributed by atoms with Gasteiger partial charge in [-0.1, -0.05) is 11.6 Å². The lowest BCUT2D eigenvalue weighted by Gasteiger charge is -2.18. The van der Waals surface area contributed by atoms with Crippen molar-refractivity contribution in [1.29, 1.82) is 0 Å². The molecule has 3 heterocycles. The summed E-state index contributed by atoms with van der Waals surface area (Å²) < 4.78 is 28.1. The van der Waals surface area contributed by atoms with Gasteiger partial charge in [0.05, 0.1) is 37.6 Å². The maximum Gasteiger partial charge on any atom is 0.276 e. The van der Waals surface area contributed by atoms with Crippen molar-refractivity contribution >= 4 is 23.2 Å². The summed E-state index contributed by atoms with van der Waals surface area (Å²) in [6.45, 7) is 1.38. The van der Waals surface area contributed by atoms with Crippen LogP contribution < -0.4 is 15.6 Å². The molecule has 24 heavy (non-hydrogen) atoms. The van der Waals surface area contributed by atoms with Gasteiger partial charge in [0, 0.05) is 11.6 Å². The molecular formula is C15H13ClFN3O4. The van der Waals surface area contributed by atoms with Gasteiger partial charge in [0.1, 0.15) is 16.7 Å². The Labute approximate surface area is 140 Å². The lowest BCUT2D eigenvalue weighted by molar-refractivity contribution is -0.118. The molecule has 2 aliphatic rings. The van der Waals surface area contributed by atoms with E-state index in [0.29, 0.717) is 32.0 Å². The Morgan fingerprint density at radius 3 is 2.71 bits per heavy atom. The quantitative estimate of drug-likeness (QED) is 0.842. The van der Waals surface area contributed by atoms with E-state index in [2.05, 4.69) is 5.32 Å². The molecular weight excluding hydrogens is 341 g/mol. The minimum Gasteiger partial charge on any atom is -0.481 e. The molecule has 0 atom stereocenters. The number of hydrogen-bond acceptors (Lipinski definition) is 4. The first-order chi connectivity index (χ1) is 11.6. The molecule has 7 nitrogen and oxygen atoms in total. The summed E-state index contributed by atoms with van der Waals surface area (Å²) in [6, 6.07) is 2.53. The van der Waals surface area contributed by atoms with Crippen LogP contribution in [-0.4, -0.2) is 35.1 Å². The number of halogens is 2. The number of nitrogens with one attached hydrogen (secondary N) is 1. The molecule has 2 aliphatic heterocycles. The molecule has 1 aromatic heterocycles.